The first-order valence-corrected chi connectivity index (χ1v) is 9.47. The summed E-state index contributed by atoms with van der Waals surface area (Å²) in [5.74, 6) is -1.09. The Hall–Kier alpha value is -2.09. The lowest BCUT2D eigenvalue weighted by Gasteiger charge is -2.26. The average Bonchev–Trinajstić information content (AvgIpc) is 2.88. The van der Waals surface area contributed by atoms with Crippen LogP contribution in [0.15, 0.2) is 18.2 Å². The summed E-state index contributed by atoms with van der Waals surface area (Å²) in [4.78, 5) is 25.9. The minimum Gasteiger partial charge on any atom is -0.449 e. The van der Waals surface area contributed by atoms with Crippen LogP contribution in [0.25, 0.3) is 0 Å². The molecule has 1 aliphatic heterocycles. The number of ether oxygens (including phenoxy) is 1. The van der Waals surface area contributed by atoms with Gasteiger partial charge in [-0.3, -0.25) is 4.79 Å². The van der Waals surface area contributed by atoms with Crippen LogP contribution < -0.4 is 5.73 Å². The molecule has 7 nitrogen and oxygen atoms in total. The number of nitrogens with two attached hydrogens (primary N) is 1. The van der Waals surface area contributed by atoms with Crippen LogP contribution in [-0.4, -0.2) is 55.9 Å². The van der Waals surface area contributed by atoms with E-state index in [4.69, 9.17) is 10.5 Å². The molecule has 0 aliphatic carbocycles. The van der Waals surface area contributed by atoms with Crippen LogP contribution in [0.4, 0.5) is 5.69 Å². The minimum absolute atomic E-state index is 0.0548. The molecule has 1 heterocycles. The molecule has 0 saturated carbocycles. The van der Waals surface area contributed by atoms with Crippen molar-refractivity contribution in [2.45, 2.75) is 32.4 Å². The van der Waals surface area contributed by atoms with Gasteiger partial charge >= 0.3 is 5.97 Å². The van der Waals surface area contributed by atoms with Crippen molar-refractivity contribution < 1.29 is 22.7 Å². The number of esters is 1. The molecule has 1 aliphatic rings. The highest BCUT2D eigenvalue weighted by Crippen LogP contribution is 2.20. The molecule has 132 valence electrons. The lowest BCUT2D eigenvalue weighted by Crippen LogP contribution is -2.44. The lowest BCUT2D eigenvalue weighted by atomic mass is 10.1. The van der Waals surface area contributed by atoms with E-state index in [-0.39, 0.29) is 23.1 Å². The van der Waals surface area contributed by atoms with Crippen molar-refractivity contribution in [1.29, 1.82) is 0 Å². The molecule has 2 rings (SSSR count). The molecule has 0 bridgehead atoms. The first-order valence-electron chi connectivity index (χ1n) is 7.65. The normalized spacial score (nSPS) is 20.4. The smallest absolute Gasteiger partial charge is 0.341 e. The van der Waals surface area contributed by atoms with E-state index in [2.05, 4.69) is 0 Å². The molecule has 2 N–H and O–H groups in total. The number of hydrogen-bond acceptors (Lipinski definition) is 6. The third kappa shape index (κ3) is 3.87. The van der Waals surface area contributed by atoms with Gasteiger partial charge in [0.25, 0.3) is 5.91 Å². The van der Waals surface area contributed by atoms with Crippen molar-refractivity contribution in [3.05, 3.63) is 29.3 Å². The zero-order chi connectivity index (χ0) is 18.1. The van der Waals surface area contributed by atoms with Gasteiger partial charge in [0.15, 0.2) is 15.9 Å². The zero-order valence-electron chi connectivity index (χ0n) is 14.0. The molecule has 2 atom stereocenters. The largest absolute Gasteiger partial charge is 0.449 e. The van der Waals surface area contributed by atoms with Gasteiger partial charge in [-0.2, -0.15) is 0 Å². The maximum absolute atomic E-state index is 12.4. The van der Waals surface area contributed by atoms with E-state index >= 15 is 0 Å². The number of nitrogen functional groups attached to an aromatic ring is 1. The van der Waals surface area contributed by atoms with Crippen LogP contribution in [-0.2, 0) is 19.4 Å². The van der Waals surface area contributed by atoms with Crippen LogP contribution in [0.2, 0.25) is 0 Å². The highest BCUT2D eigenvalue weighted by molar-refractivity contribution is 7.91. The van der Waals surface area contributed by atoms with Crippen molar-refractivity contribution in [3.63, 3.8) is 0 Å². The Kier molecular flexibility index (Phi) is 5.17. The van der Waals surface area contributed by atoms with E-state index in [0.717, 1.165) is 5.56 Å². The second-order valence-corrected chi connectivity index (χ2v) is 8.32. The Labute approximate surface area is 141 Å². The van der Waals surface area contributed by atoms with Crippen molar-refractivity contribution in [2.24, 2.45) is 0 Å². The summed E-state index contributed by atoms with van der Waals surface area (Å²) >= 11 is 0. The van der Waals surface area contributed by atoms with Crippen LogP contribution in [0.5, 0.6) is 0 Å². The molecule has 24 heavy (non-hydrogen) atoms. The molecule has 0 spiro atoms. The number of carbonyl (C=O) groups excluding carboxylic acids is 2. The van der Waals surface area contributed by atoms with E-state index in [9.17, 15) is 18.0 Å². The van der Waals surface area contributed by atoms with Crippen molar-refractivity contribution in [1.82, 2.24) is 4.90 Å². The van der Waals surface area contributed by atoms with E-state index < -0.39 is 27.8 Å². The summed E-state index contributed by atoms with van der Waals surface area (Å²) in [7, 11) is -1.57. The number of sulfone groups is 1. The standard InChI is InChI=1S/C16H22N2O5S/c1-10-5-4-6-13(14(10)17)16(20)23-11(2)15(19)18(3)12-7-8-24(21,22)9-12/h4-6,11-12H,7-9,17H2,1-3H3/t11-,12-/m0/s1. The Morgan fingerprint density at radius 3 is 2.62 bits per heavy atom. The number of rotatable bonds is 4. The molecule has 0 unspecified atom stereocenters. The van der Waals surface area contributed by atoms with Gasteiger partial charge in [0.1, 0.15) is 0 Å². The number of benzene rings is 1. The number of nitrogens with zero attached hydrogens (tertiary/aromatic N) is 1. The predicted molar refractivity (Wildman–Crippen MR) is 90.3 cm³/mol. The molecule has 0 radical (unpaired) electrons. The van der Waals surface area contributed by atoms with E-state index in [1.165, 1.54) is 24.9 Å². The SMILES string of the molecule is Cc1cccc(C(=O)O[C@@H](C)C(=O)N(C)[C@H]2CCS(=O)(=O)C2)c1N. The van der Waals surface area contributed by atoms with Crippen LogP contribution >= 0.6 is 0 Å². The number of amides is 1. The fraction of sp³-hybridized carbons (Fsp3) is 0.500. The molecular formula is C16H22N2O5S. The summed E-state index contributed by atoms with van der Waals surface area (Å²) in [6, 6.07) is 4.61. The van der Waals surface area contributed by atoms with Crippen molar-refractivity contribution >= 4 is 27.4 Å². The van der Waals surface area contributed by atoms with E-state index in [0.29, 0.717) is 12.1 Å². The van der Waals surface area contributed by atoms with Crippen LogP contribution in [0.3, 0.4) is 0 Å². The van der Waals surface area contributed by atoms with Gasteiger partial charge < -0.3 is 15.4 Å². The van der Waals surface area contributed by atoms with Gasteiger partial charge in [0, 0.05) is 18.8 Å². The number of anilines is 1. The molecule has 8 heteroatoms. The molecule has 1 aromatic rings. The van der Waals surface area contributed by atoms with Gasteiger partial charge in [-0.05, 0) is 31.9 Å². The average molecular weight is 354 g/mol. The van der Waals surface area contributed by atoms with Gasteiger partial charge in [-0.1, -0.05) is 12.1 Å². The molecule has 1 amide bonds. The molecule has 1 fully saturated rings. The Balaban J connectivity index is 2.03. The predicted octanol–water partition coefficient (Wildman–Crippen LogP) is 0.768. The number of carbonyl (C=O) groups is 2. The van der Waals surface area contributed by atoms with E-state index in [1.54, 1.807) is 19.1 Å². The lowest BCUT2D eigenvalue weighted by molar-refractivity contribution is -0.140. The fourth-order valence-corrected chi connectivity index (χ4v) is 4.46. The first kappa shape index (κ1) is 18.3. The van der Waals surface area contributed by atoms with Crippen molar-refractivity contribution in [3.8, 4) is 0 Å². The highest BCUT2D eigenvalue weighted by atomic mass is 32.2. The van der Waals surface area contributed by atoms with Crippen LogP contribution in [0, 0.1) is 6.92 Å². The third-order valence-electron chi connectivity index (χ3n) is 4.28. The Morgan fingerprint density at radius 2 is 2.04 bits per heavy atom. The number of hydrogen-bond donors (Lipinski definition) is 1. The summed E-state index contributed by atoms with van der Waals surface area (Å²) in [6.07, 6.45) is -0.624. The van der Waals surface area contributed by atoms with Gasteiger partial charge in [0.2, 0.25) is 0 Å². The maximum Gasteiger partial charge on any atom is 0.341 e. The minimum atomic E-state index is -3.09. The van der Waals surface area contributed by atoms with Gasteiger partial charge in [-0.25, -0.2) is 13.2 Å². The van der Waals surface area contributed by atoms with Gasteiger partial charge in [-0.15, -0.1) is 0 Å². The monoisotopic (exact) mass is 354 g/mol. The first-order chi connectivity index (χ1) is 11.1. The topological polar surface area (TPSA) is 107 Å². The summed E-state index contributed by atoms with van der Waals surface area (Å²) < 4.78 is 28.3. The molecule has 1 saturated heterocycles. The quantitative estimate of drug-likeness (QED) is 0.632. The Bertz CT molecular complexity index is 760. The molecule has 1 aromatic carbocycles. The highest BCUT2D eigenvalue weighted by Gasteiger charge is 2.35. The molecular weight excluding hydrogens is 332 g/mol. The van der Waals surface area contributed by atoms with E-state index in [1.807, 2.05) is 0 Å². The zero-order valence-corrected chi connectivity index (χ0v) is 14.8. The summed E-state index contributed by atoms with van der Waals surface area (Å²) in [6.45, 7) is 3.24. The second-order valence-electron chi connectivity index (χ2n) is 6.09. The van der Waals surface area contributed by atoms with Gasteiger partial charge in [0.05, 0.1) is 17.1 Å². The molecule has 0 aromatic heterocycles. The summed E-state index contributed by atoms with van der Waals surface area (Å²) in [5.41, 5.74) is 7.13. The van der Waals surface area contributed by atoms with Crippen molar-refractivity contribution in [2.75, 3.05) is 24.3 Å². The second kappa shape index (κ2) is 6.80. The maximum atomic E-state index is 12.4. The number of para-hydroxylation sites is 1. The Morgan fingerprint density at radius 1 is 1.38 bits per heavy atom. The fourth-order valence-electron chi connectivity index (χ4n) is 2.68. The van der Waals surface area contributed by atoms with Crippen LogP contribution in [0.1, 0.15) is 29.3 Å². The third-order valence-corrected chi connectivity index (χ3v) is 6.03. The number of likely N-dealkylation sites (N-methyl/N-ethyl adjacent to an activating group) is 1. The number of aryl methyl sites for hydroxylation is 1. The summed E-state index contributed by atoms with van der Waals surface area (Å²) in [5, 5.41) is 0.